The highest BCUT2D eigenvalue weighted by Gasteiger charge is 2.34. The van der Waals surface area contributed by atoms with Crippen molar-refractivity contribution in [1.29, 1.82) is 0 Å². The summed E-state index contributed by atoms with van der Waals surface area (Å²) < 4.78 is 0.491. The number of carbonyl (C=O) groups excluding carboxylic acids is 1. The smallest absolute Gasteiger partial charge is 0.263 e. The summed E-state index contributed by atoms with van der Waals surface area (Å²) in [6.45, 7) is 6.73. The number of fused-ring (bicyclic) bond motifs is 1. The molecule has 2 aliphatic rings. The van der Waals surface area contributed by atoms with Crippen LogP contribution in [0.25, 0.3) is 6.08 Å². The molecule has 6 heteroatoms. The molecule has 23 heavy (non-hydrogen) atoms. The number of hydrogen-bond donors (Lipinski definition) is 1. The van der Waals surface area contributed by atoms with Crippen molar-refractivity contribution in [2.24, 2.45) is 0 Å². The minimum atomic E-state index is -0.153. The molecule has 3 rings (SSSR count). The maximum Gasteiger partial charge on any atom is 0.263 e. The minimum Gasteiger partial charge on any atom is -0.369 e. The molecule has 2 aliphatic heterocycles. The van der Waals surface area contributed by atoms with Gasteiger partial charge in [-0.2, -0.15) is 0 Å². The first-order valence-electron chi connectivity index (χ1n) is 7.51. The van der Waals surface area contributed by atoms with E-state index in [1.54, 1.807) is 0 Å². The largest absolute Gasteiger partial charge is 0.369 e. The lowest BCUT2D eigenvalue weighted by Gasteiger charge is -2.45. The molecule has 122 valence electrons. The van der Waals surface area contributed by atoms with Crippen LogP contribution in [-0.2, 0) is 4.79 Å². The number of hydrogen-bond acceptors (Lipinski definition) is 4. The van der Waals surface area contributed by atoms with Gasteiger partial charge in [0.05, 0.1) is 4.91 Å². The molecule has 0 saturated carbocycles. The molecule has 0 unspecified atom stereocenters. The van der Waals surface area contributed by atoms with E-state index in [0.29, 0.717) is 20.2 Å². The fourth-order valence-electron chi connectivity index (χ4n) is 3.28. The quantitative estimate of drug-likeness (QED) is 0.583. The fourth-order valence-corrected chi connectivity index (χ4v) is 4.53. The number of rotatable bonds is 1. The predicted molar refractivity (Wildman–Crippen MR) is 103 cm³/mol. The van der Waals surface area contributed by atoms with E-state index in [-0.39, 0.29) is 11.4 Å². The lowest BCUT2D eigenvalue weighted by atomic mass is 9.80. The van der Waals surface area contributed by atoms with Crippen molar-refractivity contribution in [3.63, 3.8) is 0 Å². The third kappa shape index (κ3) is 3.02. The molecule has 0 bridgehead atoms. The van der Waals surface area contributed by atoms with E-state index in [4.69, 9.17) is 23.8 Å². The van der Waals surface area contributed by atoms with Crippen molar-refractivity contribution >= 4 is 57.6 Å². The molecule has 1 N–H and O–H groups in total. The molecule has 1 aromatic rings. The van der Waals surface area contributed by atoms with E-state index in [9.17, 15) is 4.79 Å². The third-order valence-electron chi connectivity index (χ3n) is 4.68. The molecule has 0 spiro atoms. The van der Waals surface area contributed by atoms with Crippen LogP contribution in [0.3, 0.4) is 0 Å². The van der Waals surface area contributed by atoms with Crippen LogP contribution < -0.4 is 10.2 Å². The van der Waals surface area contributed by atoms with Crippen molar-refractivity contribution in [2.75, 3.05) is 11.9 Å². The van der Waals surface area contributed by atoms with Gasteiger partial charge in [-0.1, -0.05) is 42.5 Å². The van der Waals surface area contributed by atoms with Crippen molar-refractivity contribution < 1.29 is 4.79 Å². The Hall–Kier alpha value is -1.04. The second-order valence-electron chi connectivity index (χ2n) is 6.76. The Morgan fingerprint density at radius 1 is 1.48 bits per heavy atom. The zero-order valence-electron chi connectivity index (χ0n) is 13.6. The number of amides is 1. The molecular weight excluding hydrogens is 348 g/mol. The first-order chi connectivity index (χ1) is 10.7. The van der Waals surface area contributed by atoms with Gasteiger partial charge in [-0.15, -0.1) is 0 Å². The van der Waals surface area contributed by atoms with E-state index in [1.165, 1.54) is 23.0 Å². The van der Waals surface area contributed by atoms with E-state index >= 15 is 0 Å². The number of thiocarbonyl (C=S) groups is 1. The monoisotopic (exact) mass is 366 g/mol. The summed E-state index contributed by atoms with van der Waals surface area (Å²) in [4.78, 5) is 14.7. The second-order valence-corrected chi connectivity index (χ2v) is 8.89. The minimum absolute atomic E-state index is 0.100. The summed E-state index contributed by atoms with van der Waals surface area (Å²) >= 11 is 12.8. The van der Waals surface area contributed by atoms with Gasteiger partial charge >= 0.3 is 0 Å². The molecule has 3 nitrogen and oxygen atoms in total. The van der Waals surface area contributed by atoms with Crippen LogP contribution in [0.15, 0.2) is 17.0 Å². The first-order valence-corrected chi connectivity index (χ1v) is 9.11. The maximum absolute atomic E-state index is 11.9. The van der Waals surface area contributed by atoms with Crippen LogP contribution in [0.2, 0.25) is 5.02 Å². The number of carbonyl (C=O) groups is 1. The highest BCUT2D eigenvalue weighted by molar-refractivity contribution is 8.26. The summed E-state index contributed by atoms with van der Waals surface area (Å²) in [5, 5.41) is 3.28. The Morgan fingerprint density at radius 3 is 2.78 bits per heavy atom. The van der Waals surface area contributed by atoms with Gasteiger partial charge in [0, 0.05) is 23.3 Å². The van der Waals surface area contributed by atoms with E-state index in [1.807, 2.05) is 12.1 Å². The average Bonchev–Trinajstić information content (AvgIpc) is 2.76. The topological polar surface area (TPSA) is 32.3 Å². The van der Waals surface area contributed by atoms with Crippen LogP contribution in [0.5, 0.6) is 0 Å². The van der Waals surface area contributed by atoms with Gasteiger partial charge in [0.2, 0.25) is 0 Å². The Morgan fingerprint density at radius 2 is 2.17 bits per heavy atom. The molecule has 1 saturated heterocycles. The summed E-state index contributed by atoms with van der Waals surface area (Å²) in [6.07, 6.45) is 2.90. The van der Waals surface area contributed by atoms with Crippen LogP contribution >= 0.6 is 35.6 Å². The number of nitrogens with zero attached hydrogens (tertiary/aromatic N) is 1. The van der Waals surface area contributed by atoms with Crippen LogP contribution in [0.4, 0.5) is 5.69 Å². The lowest BCUT2D eigenvalue weighted by molar-refractivity contribution is -0.115. The summed E-state index contributed by atoms with van der Waals surface area (Å²) in [7, 11) is 2.11. The molecule has 0 aromatic heterocycles. The van der Waals surface area contributed by atoms with Crippen molar-refractivity contribution in [1.82, 2.24) is 5.32 Å². The number of thioether (sulfide) groups is 1. The standard InChI is InChI=1S/C17H19ClN2OS2/c1-9-8-17(2,3)20(4)13-7-12(18)10(5-11(9)13)6-14-15(21)19-16(22)23-14/h5-7,9H,8H2,1-4H3,(H,19,21,22)/b14-6+/t9-/m1/s1. The zero-order chi connectivity index (χ0) is 16.9. The Balaban J connectivity index is 2.06. The highest BCUT2D eigenvalue weighted by Crippen LogP contribution is 2.44. The first kappa shape index (κ1) is 16.8. The Bertz CT molecular complexity index is 742. The van der Waals surface area contributed by atoms with E-state index < -0.39 is 0 Å². The summed E-state index contributed by atoms with van der Waals surface area (Å²) in [5.74, 6) is 0.289. The fraction of sp³-hybridized carbons (Fsp3) is 0.412. The van der Waals surface area contributed by atoms with Gasteiger partial charge in [0.25, 0.3) is 5.91 Å². The van der Waals surface area contributed by atoms with E-state index in [2.05, 4.69) is 44.1 Å². The Labute approximate surface area is 151 Å². The highest BCUT2D eigenvalue weighted by atomic mass is 35.5. The van der Waals surface area contributed by atoms with Gasteiger partial charge in [0.15, 0.2) is 0 Å². The van der Waals surface area contributed by atoms with E-state index in [0.717, 1.165) is 12.0 Å². The van der Waals surface area contributed by atoms with Gasteiger partial charge in [-0.25, -0.2) is 0 Å². The van der Waals surface area contributed by atoms with Gasteiger partial charge in [-0.3, -0.25) is 4.79 Å². The summed E-state index contributed by atoms with van der Waals surface area (Å²) in [5.41, 5.74) is 3.41. The summed E-state index contributed by atoms with van der Waals surface area (Å²) in [6, 6.07) is 4.12. The normalized spacial score (nSPS) is 24.8. The second kappa shape index (κ2) is 5.80. The zero-order valence-corrected chi connectivity index (χ0v) is 16.0. The van der Waals surface area contributed by atoms with Crippen LogP contribution in [-0.4, -0.2) is 22.8 Å². The number of halogens is 1. The number of anilines is 1. The van der Waals surface area contributed by atoms with Crippen molar-refractivity contribution in [2.45, 2.75) is 38.6 Å². The average molecular weight is 367 g/mol. The molecule has 0 aliphatic carbocycles. The number of benzene rings is 1. The molecule has 1 fully saturated rings. The molecule has 1 aromatic carbocycles. The SMILES string of the molecule is C[C@@H]1CC(C)(C)N(C)c2cc(Cl)c(/C=C3/SC(=S)NC3=O)cc21. The lowest BCUT2D eigenvalue weighted by Crippen LogP contribution is -2.45. The molecule has 0 radical (unpaired) electrons. The molecular formula is C17H19ClN2OS2. The maximum atomic E-state index is 11.9. The van der Waals surface area contributed by atoms with Gasteiger partial charge < -0.3 is 10.2 Å². The molecule has 1 atom stereocenters. The van der Waals surface area contributed by atoms with Gasteiger partial charge in [-0.05, 0) is 55.5 Å². The molecule has 2 heterocycles. The molecule has 1 amide bonds. The van der Waals surface area contributed by atoms with Crippen molar-refractivity contribution in [3.05, 3.63) is 33.2 Å². The van der Waals surface area contributed by atoms with Crippen LogP contribution in [0.1, 0.15) is 44.2 Å². The van der Waals surface area contributed by atoms with Crippen molar-refractivity contribution in [3.8, 4) is 0 Å². The van der Waals surface area contributed by atoms with Crippen LogP contribution in [0, 0.1) is 0 Å². The van der Waals surface area contributed by atoms with Gasteiger partial charge in [0.1, 0.15) is 4.32 Å². The third-order valence-corrected chi connectivity index (χ3v) is 6.17. The Kier molecular flexibility index (Phi) is 4.23. The number of nitrogens with one attached hydrogen (secondary N) is 1. The predicted octanol–water partition coefficient (Wildman–Crippen LogP) is 4.55.